The maximum absolute atomic E-state index is 12.0. The Balaban J connectivity index is 1.76. The van der Waals surface area contributed by atoms with Crippen molar-refractivity contribution in [2.24, 2.45) is 10.4 Å². The van der Waals surface area contributed by atoms with Gasteiger partial charge in [0, 0.05) is 17.0 Å². The molecule has 0 aromatic carbocycles. The molecule has 178 valence electrons. The number of carbonyl (C=O) groups is 3. The van der Waals surface area contributed by atoms with Crippen molar-refractivity contribution in [3.05, 3.63) is 28.8 Å². The number of esters is 2. The van der Waals surface area contributed by atoms with E-state index in [0.717, 1.165) is 57.5 Å². The van der Waals surface area contributed by atoms with Crippen LogP contribution in [0.25, 0.3) is 6.20 Å². The average molecular weight is 490 g/mol. The number of aromatic nitrogens is 4. The summed E-state index contributed by atoms with van der Waals surface area (Å²) in [6.45, 7) is -1.39. The standard InChI is InChI=1S/C14H18N8O10P/c1-29-11(23)3-5-19-13(25)21(17-15-19)7-9-31-33(27,28)32-10-8-22-14(26)20(16-18-22)6-4-12(24)30-2/h3-6H,7-10H2,1-2H3/q+1/p+1/b5-3+,6-4+. The quantitative estimate of drug-likeness (QED) is 0.160. The van der Waals surface area contributed by atoms with Gasteiger partial charge in [0.15, 0.2) is 12.7 Å². The van der Waals surface area contributed by atoms with Gasteiger partial charge in [0.2, 0.25) is 0 Å². The number of tetrazole rings is 1. The first-order valence-corrected chi connectivity index (χ1v) is 10.3. The van der Waals surface area contributed by atoms with Crippen molar-refractivity contribution in [2.75, 3.05) is 34.0 Å². The summed E-state index contributed by atoms with van der Waals surface area (Å²) in [4.78, 5) is 55.7. The first-order valence-electron chi connectivity index (χ1n) is 8.85. The Morgan fingerprint density at radius 3 is 2.42 bits per heavy atom. The largest absolute Gasteiger partial charge is 0.638 e. The van der Waals surface area contributed by atoms with E-state index in [9.17, 15) is 28.6 Å². The van der Waals surface area contributed by atoms with Crippen LogP contribution in [0, 0.1) is 0 Å². The highest BCUT2D eigenvalue weighted by molar-refractivity contribution is 7.47. The molecule has 2 heterocycles. The predicted octanol–water partition coefficient (Wildman–Crippen LogP) is -1.12. The lowest BCUT2D eigenvalue weighted by atomic mass is 10.6. The summed E-state index contributed by atoms with van der Waals surface area (Å²) in [5.74, 6) is -1.42. The number of phosphoric ester groups is 1. The third-order valence-corrected chi connectivity index (χ3v) is 4.56. The summed E-state index contributed by atoms with van der Waals surface area (Å²) in [5, 5.41) is 14.0. The van der Waals surface area contributed by atoms with Crippen molar-refractivity contribution in [3.63, 3.8) is 0 Å². The number of urea groups is 1. The number of phosphoric acid groups is 1. The van der Waals surface area contributed by atoms with Crippen molar-refractivity contribution in [1.82, 2.24) is 19.8 Å². The summed E-state index contributed by atoms with van der Waals surface area (Å²) >= 11 is 0. The Morgan fingerprint density at radius 1 is 1.06 bits per heavy atom. The molecule has 18 nitrogen and oxygen atoms in total. The van der Waals surface area contributed by atoms with Gasteiger partial charge < -0.3 is 14.4 Å². The van der Waals surface area contributed by atoms with E-state index in [2.05, 4.69) is 30.3 Å². The van der Waals surface area contributed by atoms with Crippen molar-refractivity contribution in [3.8, 4) is 0 Å². The number of hydrogen-bond donors (Lipinski definition) is 1. The van der Waals surface area contributed by atoms with E-state index >= 15 is 0 Å². The maximum Gasteiger partial charge on any atom is 0.638 e. The van der Waals surface area contributed by atoms with Gasteiger partial charge in [0.1, 0.15) is 11.3 Å². The summed E-state index contributed by atoms with van der Waals surface area (Å²) in [6.07, 6.45) is 3.96. The Labute approximate surface area is 184 Å². The summed E-state index contributed by atoms with van der Waals surface area (Å²) < 4.78 is 33.3. The number of amides is 2. The molecule has 1 aliphatic heterocycles. The molecule has 0 radical (unpaired) electrons. The van der Waals surface area contributed by atoms with E-state index in [1.165, 1.54) is 0 Å². The minimum absolute atomic E-state index is 0.251. The highest BCUT2D eigenvalue weighted by atomic mass is 31.2. The smallest absolute Gasteiger partial charge is 0.466 e. The van der Waals surface area contributed by atoms with Crippen molar-refractivity contribution in [2.45, 2.75) is 6.54 Å². The molecule has 2 amide bonds. The lowest BCUT2D eigenvalue weighted by Gasteiger charge is -2.10. The van der Waals surface area contributed by atoms with Gasteiger partial charge in [-0.2, -0.15) is 14.2 Å². The van der Waals surface area contributed by atoms with E-state index in [4.69, 9.17) is 9.05 Å². The summed E-state index contributed by atoms with van der Waals surface area (Å²) in [5.41, 5.74) is -0.740. The highest BCUT2D eigenvalue weighted by Crippen LogP contribution is 2.42. The minimum Gasteiger partial charge on any atom is -0.466 e. The number of rotatable bonds is 12. The van der Waals surface area contributed by atoms with Crippen LogP contribution in [0.4, 0.5) is 4.79 Å². The lowest BCUT2D eigenvalue weighted by molar-refractivity contribution is -0.564. The molecular formula is C14H19N8O10P+2. The molecule has 0 aliphatic carbocycles. The van der Waals surface area contributed by atoms with Crippen LogP contribution < -0.4 is 5.69 Å². The molecule has 0 bridgehead atoms. The van der Waals surface area contributed by atoms with Gasteiger partial charge in [-0.1, -0.05) is 0 Å². The predicted molar refractivity (Wildman–Crippen MR) is 100 cm³/mol. The Morgan fingerprint density at radius 2 is 1.73 bits per heavy atom. The molecular weight excluding hydrogens is 471 g/mol. The zero-order chi connectivity index (χ0) is 24.4. The molecule has 33 heavy (non-hydrogen) atoms. The number of carbonyl (C=O) groups excluding carboxylic acids is 3. The van der Waals surface area contributed by atoms with Gasteiger partial charge in [0.05, 0.1) is 33.4 Å². The minimum atomic E-state index is -4.53. The topological polar surface area (TPSA) is 209 Å². The third kappa shape index (κ3) is 7.72. The molecule has 0 saturated heterocycles. The second-order valence-corrected chi connectivity index (χ2v) is 7.12. The van der Waals surface area contributed by atoms with Gasteiger partial charge >= 0.3 is 36.7 Å². The summed E-state index contributed by atoms with van der Waals surface area (Å²) in [6, 6.07) is -0.740. The molecule has 19 heteroatoms. The van der Waals surface area contributed by atoms with Gasteiger partial charge in [0.25, 0.3) is 5.22 Å². The Bertz CT molecular complexity index is 1130. The number of hydrogen-bond acceptors (Lipinski definition) is 13. The number of methoxy groups -OCH3 is 2. The first-order chi connectivity index (χ1) is 15.7. The molecule has 0 spiro atoms. The van der Waals surface area contributed by atoms with Crippen LogP contribution in [0.1, 0.15) is 0 Å². The lowest BCUT2D eigenvalue weighted by Crippen LogP contribution is -2.25. The number of nitrogens with zero attached hydrogens (tertiary/aromatic N) is 8. The third-order valence-electron chi connectivity index (χ3n) is 3.54. The Hall–Kier alpha value is -3.73. The number of ether oxygens (including phenoxy) is 2. The molecule has 0 saturated carbocycles. The zero-order valence-electron chi connectivity index (χ0n) is 17.3. The SMILES string of the molecule is COC(=O)/C=C/n1nnn(CCOP(=O)(O)OCC[N+]2=NN=[N+](/C=C/C(=O)OC)C2=O)c1=O. The molecule has 1 unspecified atom stereocenters. The van der Waals surface area contributed by atoms with E-state index in [0.29, 0.717) is 0 Å². The van der Waals surface area contributed by atoms with Crippen LogP contribution in [0.15, 0.2) is 33.6 Å². The second-order valence-electron chi connectivity index (χ2n) is 5.67. The van der Waals surface area contributed by atoms with Crippen LogP contribution in [-0.4, -0.2) is 86.0 Å². The Kier molecular flexibility index (Phi) is 9.10. The molecule has 2 rings (SSSR count). The fraction of sp³-hybridized carbons (Fsp3) is 0.429. The average Bonchev–Trinajstić information content (AvgIpc) is 3.32. The molecule has 1 aliphatic rings. The van der Waals surface area contributed by atoms with Crippen molar-refractivity contribution >= 4 is 32.0 Å². The van der Waals surface area contributed by atoms with E-state index in [-0.39, 0.29) is 13.1 Å². The molecule has 1 N–H and O–H groups in total. The van der Waals surface area contributed by atoms with Crippen LogP contribution in [0.3, 0.4) is 0 Å². The van der Waals surface area contributed by atoms with E-state index in [1.54, 1.807) is 0 Å². The molecule has 1 aromatic heterocycles. The van der Waals surface area contributed by atoms with Crippen LogP contribution in [-0.2, 0) is 39.2 Å². The van der Waals surface area contributed by atoms with Crippen LogP contribution >= 0.6 is 7.82 Å². The van der Waals surface area contributed by atoms with Crippen LogP contribution in [0.2, 0.25) is 0 Å². The normalized spacial score (nSPS) is 15.5. The zero-order valence-corrected chi connectivity index (χ0v) is 18.2. The van der Waals surface area contributed by atoms with Gasteiger partial charge in [-0.05, 0) is 10.4 Å². The molecule has 0 fully saturated rings. The molecule has 1 atom stereocenters. The summed E-state index contributed by atoms with van der Waals surface area (Å²) in [7, 11) is -2.22. The van der Waals surface area contributed by atoms with Gasteiger partial charge in [-0.3, -0.25) is 9.05 Å². The fourth-order valence-corrected chi connectivity index (χ4v) is 2.66. The first kappa shape index (κ1) is 25.5. The van der Waals surface area contributed by atoms with Crippen molar-refractivity contribution < 1.29 is 51.8 Å². The maximum atomic E-state index is 12.0. The fourth-order valence-electron chi connectivity index (χ4n) is 1.96. The highest BCUT2D eigenvalue weighted by Gasteiger charge is 2.40. The van der Waals surface area contributed by atoms with Gasteiger partial charge in [-0.25, -0.2) is 18.9 Å². The molecule has 1 aromatic rings. The van der Waals surface area contributed by atoms with Crippen LogP contribution in [0.5, 0.6) is 0 Å². The second kappa shape index (κ2) is 11.8. The van der Waals surface area contributed by atoms with Gasteiger partial charge in [-0.15, -0.1) is 0 Å². The van der Waals surface area contributed by atoms with Crippen molar-refractivity contribution in [1.29, 1.82) is 0 Å². The monoisotopic (exact) mass is 490 g/mol. The van der Waals surface area contributed by atoms with E-state index in [1.807, 2.05) is 0 Å². The van der Waals surface area contributed by atoms with E-state index < -0.39 is 44.7 Å².